The van der Waals surface area contributed by atoms with E-state index in [-0.39, 0.29) is 18.2 Å². The van der Waals surface area contributed by atoms with Crippen LogP contribution in [0.15, 0.2) is 48.5 Å². The van der Waals surface area contributed by atoms with E-state index in [1.54, 1.807) is 31.4 Å². The Balaban J connectivity index is 1.68. The van der Waals surface area contributed by atoms with E-state index in [9.17, 15) is 9.59 Å². The Morgan fingerprint density at radius 1 is 1.18 bits per heavy atom. The van der Waals surface area contributed by atoms with Gasteiger partial charge in [-0.15, -0.1) is 0 Å². The SMILES string of the molecule is COc1ccc(NC(=O)CC2C(=O)Nc3ccccc32)cc1. The third-order valence-corrected chi connectivity index (χ3v) is 3.67. The Hall–Kier alpha value is -2.82. The molecule has 2 amide bonds. The van der Waals surface area contributed by atoms with Gasteiger partial charge in [0.15, 0.2) is 0 Å². The standard InChI is InChI=1S/C17H16N2O3/c1-22-12-8-6-11(7-9-12)18-16(20)10-14-13-4-2-3-5-15(13)19-17(14)21/h2-9,14H,10H2,1H3,(H,18,20)(H,19,21). The van der Waals surface area contributed by atoms with Gasteiger partial charge in [0.25, 0.3) is 0 Å². The fourth-order valence-electron chi connectivity index (χ4n) is 2.55. The lowest BCUT2D eigenvalue weighted by Gasteiger charge is -2.10. The van der Waals surface area contributed by atoms with Gasteiger partial charge in [0.05, 0.1) is 13.0 Å². The summed E-state index contributed by atoms with van der Waals surface area (Å²) < 4.78 is 5.07. The molecule has 0 aromatic heterocycles. The first-order valence-corrected chi connectivity index (χ1v) is 7.01. The summed E-state index contributed by atoms with van der Waals surface area (Å²) >= 11 is 0. The predicted molar refractivity (Wildman–Crippen MR) is 84.1 cm³/mol. The minimum Gasteiger partial charge on any atom is -0.497 e. The molecule has 22 heavy (non-hydrogen) atoms. The van der Waals surface area contributed by atoms with E-state index in [1.807, 2.05) is 24.3 Å². The molecule has 0 aliphatic carbocycles. The predicted octanol–water partition coefficient (Wildman–Crippen LogP) is 2.76. The van der Waals surface area contributed by atoms with Crippen molar-refractivity contribution in [2.24, 2.45) is 0 Å². The van der Waals surface area contributed by atoms with Gasteiger partial charge in [0.1, 0.15) is 5.75 Å². The van der Waals surface area contributed by atoms with E-state index in [2.05, 4.69) is 10.6 Å². The number of rotatable bonds is 4. The number of carbonyl (C=O) groups excluding carboxylic acids is 2. The zero-order chi connectivity index (χ0) is 15.5. The maximum atomic E-state index is 12.2. The summed E-state index contributed by atoms with van der Waals surface area (Å²) in [6.45, 7) is 0. The van der Waals surface area contributed by atoms with Gasteiger partial charge in [-0.05, 0) is 35.9 Å². The van der Waals surface area contributed by atoms with Gasteiger partial charge in [-0.1, -0.05) is 18.2 Å². The first-order valence-electron chi connectivity index (χ1n) is 7.01. The molecule has 5 heteroatoms. The number of carbonyl (C=O) groups is 2. The molecule has 1 atom stereocenters. The van der Waals surface area contributed by atoms with Crippen molar-refractivity contribution >= 4 is 23.2 Å². The Kier molecular flexibility index (Phi) is 3.78. The van der Waals surface area contributed by atoms with E-state index in [0.29, 0.717) is 5.69 Å². The molecule has 1 unspecified atom stereocenters. The lowest BCUT2D eigenvalue weighted by molar-refractivity contribution is -0.122. The van der Waals surface area contributed by atoms with E-state index in [0.717, 1.165) is 17.0 Å². The number of hydrogen-bond donors (Lipinski definition) is 2. The Morgan fingerprint density at radius 3 is 2.64 bits per heavy atom. The van der Waals surface area contributed by atoms with Crippen LogP contribution < -0.4 is 15.4 Å². The Morgan fingerprint density at radius 2 is 1.91 bits per heavy atom. The first-order chi connectivity index (χ1) is 10.7. The largest absolute Gasteiger partial charge is 0.497 e. The van der Waals surface area contributed by atoms with Crippen molar-refractivity contribution in [1.29, 1.82) is 0 Å². The summed E-state index contributed by atoms with van der Waals surface area (Å²) in [5.74, 6) is -0.0374. The second-order valence-electron chi connectivity index (χ2n) is 5.11. The van der Waals surface area contributed by atoms with Gasteiger partial charge in [-0.2, -0.15) is 0 Å². The van der Waals surface area contributed by atoms with Crippen molar-refractivity contribution in [1.82, 2.24) is 0 Å². The van der Waals surface area contributed by atoms with Gasteiger partial charge in [-0.3, -0.25) is 9.59 Å². The third kappa shape index (κ3) is 2.79. The van der Waals surface area contributed by atoms with Crippen LogP contribution in [-0.4, -0.2) is 18.9 Å². The molecule has 2 N–H and O–H groups in total. The number of benzene rings is 2. The van der Waals surface area contributed by atoms with Gasteiger partial charge in [0.2, 0.25) is 11.8 Å². The highest BCUT2D eigenvalue weighted by Gasteiger charge is 2.31. The third-order valence-electron chi connectivity index (χ3n) is 3.67. The van der Waals surface area contributed by atoms with Crippen LogP contribution in [0.5, 0.6) is 5.75 Å². The second-order valence-corrected chi connectivity index (χ2v) is 5.11. The molecule has 2 aromatic carbocycles. The normalized spacial score (nSPS) is 15.9. The fourth-order valence-corrected chi connectivity index (χ4v) is 2.55. The average Bonchev–Trinajstić information content (AvgIpc) is 2.84. The molecule has 0 radical (unpaired) electrons. The van der Waals surface area contributed by atoms with Gasteiger partial charge >= 0.3 is 0 Å². The molecule has 2 aromatic rings. The highest BCUT2D eigenvalue weighted by molar-refractivity contribution is 6.06. The van der Waals surface area contributed by atoms with Crippen LogP contribution in [0.25, 0.3) is 0 Å². The molecule has 1 aliphatic heterocycles. The molecule has 3 rings (SSSR count). The Bertz CT molecular complexity index is 710. The number of ether oxygens (including phenoxy) is 1. The summed E-state index contributed by atoms with van der Waals surface area (Å²) in [4.78, 5) is 24.2. The summed E-state index contributed by atoms with van der Waals surface area (Å²) in [7, 11) is 1.59. The van der Waals surface area contributed by atoms with Crippen molar-refractivity contribution in [3.8, 4) is 5.75 Å². The zero-order valence-corrected chi connectivity index (χ0v) is 12.1. The summed E-state index contributed by atoms with van der Waals surface area (Å²) in [5.41, 5.74) is 2.34. The van der Waals surface area contributed by atoms with E-state index in [1.165, 1.54) is 0 Å². The Labute approximate surface area is 128 Å². The summed E-state index contributed by atoms with van der Waals surface area (Å²) in [6.07, 6.45) is 0.120. The maximum Gasteiger partial charge on any atom is 0.232 e. The van der Waals surface area contributed by atoms with Crippen molar-refractivity contribution in [2.45, 2.75) is 12.3 Å². The molecule has 0 saturated carbocycles. The van der Waals surface area contributed by atoms with E-state index < -0.39 is 5.92 Å². The van der Waals surface area contributed by atoms with Gasteiger partial charge in [-0.25, -0.2) is 0 Å². The van der Waals surface area contributed by atoms with Crippen LogP contribution in [0.2, 0.25) is 0 Å². The first kappa shape index (κ1) is 14.1. The van der Waals surface area contributed by atoms with Crippen LogP contribution >= 0.6 is 0 Å². The molecular weight excluding hydrogens is 280 g/mol. The number of nitrogens with one attached hydrogen (secondary N) is 2. The lowest BCUT2D eigenvalue weighted by Crippen LogP contribution is -2.20. The maximum absolute atomic E-state index is 12.2. The summed E-state index contributed by atoms with van der Waals surface area (Å²) in [6, 6.07) is 14.5. The fraction of sp³-hybridized carbons (Fsp3) is 0.176. The lowest BCUT2D eigenvalue weighted by atomic mass is 9.97. The second kappa shape index (κ2) is 5.89. The number of anilines is 2. The number of para-hydroxylation sites is 1. The molecule has 1 heterocycles. The quantitative estimate of drug-likeness (QED) is 0.911. The highest BCUT2D eigenvalue weighted by atomic mass is 16.5. The minimum absolute atomic E-state index is 0.120. The zero-order valence-electron chi connectivity index (χ0n) is 12.1. The number of fused-ring (bicyclic) bond motifs is 1. The molecular formula is C17H16N2O3. The van der Waals surface area contributed by atoms with Crippen LogP contribution in [0.3, 0.4) is 0 Å². The van der Waals surface area contributed by atoms with Crippen molar-refractivity contribution in [3.05, 3.63) is 54.1 Å². The molecule has 0 bridgehead atoms. The van der Waals surface area contributed by atoms with E-state index in [4.69, 9.17) is 4.74 Å². The van der Waals surface area contributed by atoms with Crippen molar-refractivity contribution < 1.29 is 14.3 Å². The summed E-state index contributed by atoms with van der Waals surface area (Å²) in [5, 5.41) is 5.59. The van der Waals surface area contributed by atoms with Crippen LogP contribution in [-0.2, 0) is 9.59 Å². The van der Waals surface area contributed by atoms with Gasteiger partial charge in [0, 0.05) is 17.8 Å². The van der Waals surface area contributed by atoms with Crippen molar-refractivity contribution in [3.63, 3.8) is 0 Å². The number of methoxy groups -OCH3 is 1. The monoisotopic (exact) mass is 296 g/mol. The number of amides is 2. The minimum atomic E-state index is -0.436. The topological polar surface area (TPSA) is 67.4 Å². The molecule has 1 aliphatic rings. The van der Waals surface area contributed by atoms with Crippen LogP contribution in [0.4, 0.5) is 11.4 Å². The van der Waals surface area contributed by atoms with Crippen LogP contribution in [0.1, 0.15) is 17.9 Å². The average molecular weight is 296 g/mol. The molecule has 0 spiro atoms. The molecule has 112 valence electrons. The molecule has 5 nitrogen and oxygen atoms in total. The van der Waals surface area contributed by atoms with E-state index >= 15 is 0 Å². The molecule has 0 saturated heterocycles. The van der Waals surface area contributed by atoms with Crippen LogP contribution in [0, 0.1) is 0 Å². The smallest absolute Gasteiger partial charge is 0.232 e. The van der Waals surface area contributed by atoms with Gasteiger partial charge < -0.3 is 15.4 Å². The molecule has 0 fully saturated rings. The number of hydrogen-bond acceptors (Lipinski definition) is 3. The van der Waals surface area contributed by atoms with Crippen molar-refractivity contribution in [2.75, 3.05) is 17.7 Å². The highest BCUT2D eigenvalue weighted by Crippen LogP contribution is 2.34.